The lowest BCUT2D eigenvalue weighted by atomic mass is 10.2. The molecular weight excluding hydrogens is 394 g/mol. The maximum Gasteiger partial charge on any atom is 0.286 e. The lowest BCUT2D eigenvalue weighted by Gasteiger charge is -2.08. The number of ether oxygens (including phenoxy) is 2. The fourth-order valence-electron chi connectivity index (χ4n) is 2.92. The van der Waals surface area contributed by atoms with Crippen LogP contribution in [0, 0.1) is 0 Å². The molecule has 2 aromatic carbocycles. The van der Waals surface area contributed by atoms with Crippen molar-refractivity contribution in [2.24, 2.45) is 4.99 Å². The number of methoxy groups -OCH3 is 2. The number of rotatable bonds is 3. The Morgan fingerprint density at radius 2 is 1.72 bits per heavy atom. The average molecular weight is 409 g/mol. The zero-order valence-corrected chi connectivity index (χ0v) is 16.3. The monoisotopic (exact) mass is 409 g/mol. The van der Waals surface area contributed by atoms with Gasteiger partial charge in [-0.15, -0.1) is 0 Å². The molecule has 1 N–H and O–H groups in total. The van der Waals surface area contributed by atoms with Gasteiger partial charge in [-0.25, -0.2) is 0 Å². The van der Waals surface area contributed by atoms with Crippen LogP contribution in [0.15, 0.2) is 62.0 Å². The first-order chi connectivity index (χ1) is 14.0. The number of benzene rings is 2. The van der Waals surface area contributed by atoms with Gasteiger partial charge in [0.25, 0.3) is 17.0 Å². The predicted octanol–water partition coefficient (Wildman–Crippen LogP) is 2.23. The number of hydrogen-bond acceptors (Lipinski definition) is 6. The van der Waals surface area contributed by atoms with Gasteiger partial charge in [0.1, 0.15) is 0 Å². The van der Waals surface area contributed by atoms with E-state index in [1.54, 1.807) is 48.5 Å². The molecule has 0 bridgehead atoms. The van der Waals surface area contributed by atoms with Gasteiger partial charge in [0, 0.05) is 0 Å². The number of hydrogen-bond donors (Lipinski definition) is 1. The van der Waals surface area contributed by atoms with Crippen LogP contribution in [0.3, 0.4) is 0 Å². The minimum atomic E-state index is -0.499. The van der Waals surface area contributed by atoms with E-state index in [2.05, 4.69) is 10.1 Å². The molecule has 0 fully saturated rings. The quantitative estimate of drug-likeness (QED) is 0.666. The minimum Gasteiger partial charge on any atom is -0.493 e. The lowest BCUT2D eigenvalue weighted by molar-refractivity contribution is -0.113. The maximum atomic E-state index is 12.7. The third-order valence-electron chi connectivity index (χ3n) is 4.32. The van der Waals surface area contributed by atoms with Gasteiger partial charge in [-0.1, -0.05) is 18.2 Å². The SMILES string of the molecule is COc1ccc(/C=C2/SC(n3[nH]c(=O)c4ccccc4c3=O)=NC2=O)cc1OC. The molecule has 0 aliphatic carbocycles. The Labute approximate surface area is 168 Å². The first-order valence-electron chi connectivity index (χ1n) is 8.51. The highest BCUT2D eigenvalue weighted by atomic mass is 32.2. The summed E-state index contributed by atoms with van der Waals surface area (Å²) in [6, 6.07) is 11.7. The first-order valence-corrected chi connectivity index (χ1v) is 9.32. The van der Waals surface area contributed by atoms with Gasteiger partial charge in [-0.05, 0) is 47.7 Å². The van der Waals surface area contributed by atoms with E-state index in [0.29, 0.717) is 22.0 Å². The van der Waals surface area contributed by atoms with Gasteiger partial charge in [-0.3, -0.25) is 19.5 Å². The first kappa shape index (κ1) is 18.8. The second kappa shape index (κ2) is 7.44. The maximum absolute atomic E-state index is 12.7. The summed E-state index contributed by atoms with van der Waals surface area (Å²) in [6.07, 6.45) is 1.63. The van der Waals surface area contributed by atoms with Crippen molar-refractivity contribution in [3.05, 3.63) is 73.6 Å². The van der Waals surface area contributed by atoms with Crippen molar-refractivity contribution in [1.82, 2.24) is 9.78 Å². The number of aromatic amines is 1. The van der Waals surface area contributed by atoms with Crippen molar-refractivity contribution in [2.45, 2.75) is 0 Å². The molecular formula is C20H15N3O5S. The third kappa shape index (κ3) is 3.36. The standard InChI is InChI=1S/C20H15N3O5S/c1-27-14-8-7-11(9-15(14)28-2)10-16-18(25)21-20(29-16)23-19(26)13-6-4-3-5-12(13)17(24)22-23/h3-10H,1-2H3,(H,22,24)/b16-10+. The largest absolute Gasteiger partial charge is 0.493 e. The van der Waals surface area contributed by atoms with Gasteiger partial charge < -0.3 is 9.47 Å². The van der Waals surface area contributed by atoms with Crippen LogP contribution >= 0.6 is 11.8 Å². The summed E-state index contributed by atoms with van der Waals surface area (Å²) < 4.78 is 11.5. The second-order valence-electron chi connectivity index (χ2n) is 6.05. The fourth-order valence-corrected chi connectivity index (χ4v) is 3.80. The fraction of sp³-hybridized carbons (Fsp3) is 0.100. The van der Waals surface area contributed by atoms with Crippen molar-refractivity contribution in [2.75, 3.05) is 14.2 Å². The Morgan fingerprint density at radius 3 is 2.45 bits per heavy atom. The number of aromatic nitrogens is 2. The van der Waals surface area contributed by atoms with Crippen LogP contribution in [0.5, 0.6) is 11.5 Å². The lowest BCUT2D eigenvalue weighted by Crippen LogP contribution is -2.33. The van der Waals surface area contributed by atoms with E-state index in [0.717, 1.165) is 16.4 Å². The molecule has 1 aromatic heterocycles. The van der Waals surface area contributed by atoms with Gasteiger partial charge in [-0.2, -0.15) is 9.67 Å². The van der Waals surface area contributed by atoms with Crippen LogP contribution in [0.2, 0.25) is 0 Å². The molecule has 0 radical (unpaired) electrons. The van der Waals surface area contributed by atoms with E-state index in [4.69, 9.17) is 9.47 Å². The average Bonchev–Trinajstić information content (AvgIpc) is 3.10. The molecule has 4 rings (SSSR count). The smallest absolute Gasteiger partial charge is 0.286 e. The molecule has 1 aliphatic rings. The molecule has 1 amide bonds. The Balaban J connectivity index is 1.72. The summed E-state index contributed by atoms with van der Waals surface area (Å²) in [5.74, 6) is 0.589. The number of carbonyl (C=O) groups is 1. The molecule has 3 aromatic rings. The molecule has 0 saturated carbocycles. The van der Waals surface area contributed by atoms with Crippen LogP contribution in [-0.4, -0.2) is 35.1 Å². The molecule has 8 nitrogen and oxygen atoms in total. The van der Waals surface area contributed by atoms with Crippen molar-refractivity contribution in [3.63, 3.8) is 0 Å². The Morgan fingerprint density at radius 1 is 1.00 bits per heavy atom. The van der Waals surface area contributed by atoms with Crippen LogP contribution in [0.25, 0.3) is 16.8 Å². The molecule has 0 atom stereocenters. The summed E-state index contributed by atoms with van der Waals surface area (Å²) in [7, 11) is 3.06. The van der Waals surface area contributed by atoms with Gasteiger partial charge in [0.2, 0.25) is 0 Å². The molecule has 9 heteroatoms. The molecule has 2 heterocycles. The van der Waals surface area contributed by atoms with Crippen molar-refractivity contribution in [3.8, 4) is 11.5 Å². The Bertz CT molecular complexity index is 1320. The van der Waals surface area contributed by atoms with Gasteiger partial charge >= 0.3 is 0 Å². The molecule has 0 saturated heterocycles. The van der Waals surface area contributed by atoms with Crippen molar-refractivity contribution in [1.29, 1.82) is 0 Å². The van der Waals surface area contributed by atoms with E-state index < -0.39 is 17.0 Å². The highest BCUT2D eigenvalue weighted by Gasteiger charge is 2.25. The number of fused-ring (bicyclic) bond motifs is 1. The molecule has 146 valence electrons. The van der Waals surface area contributed by atoms with Gasteiger partial charge in [0.05, 0.1) is 29.9 Å². The highest BCUT2D eigenvalue weighted by Crippen LogP contribution is 2.32. The van der Waals surface area contributed by atoms with E-state index in [1.165, 1.54) is 14.2 Å². The summed E-state index contributed by atoms with van der Waals surface area (Å²) in [5, 5.41) is 3.11. The number of nitrogens with zero attached hydrogens (tertiary/aromatic N) is 2. The molecule has 0 unspecified atom stereocenters. The number of carbonyl (C=O) groups excluding carboxylic acids is 1. The third-order valence-corrected chi connectivity index (χ3v) is 5.29. The zero-order valence-electron chi connectivity index (χ0n) is 15.5. The van der Waals surface area contributed by atoms with Crippen molar-refractivity contribution >= 4 is 39.7 Å². The van der Waals surface area contributed by atoms with Crippen LogP contribution in [0.4, 0.5) is 0 Å². The topological polar surface area (TPSA) is 103 Å². The number of amides is 1. The number of thioether (sulfide) groups is 1. The number of H-pyrrole nitrogens is 1. The molecule has 0 spiro atoms. The predicted molar refractivity (Wildman–Crippen MR) is 112 cm³/mol. The van der Waals surface area contributed by atoms with Crippen LogP contribution in [-0.2, 0) is 4.79 Å². The number of aliphatic imine (C=N–C) groups is 1. The van der Waals surface area contributed by atoms with E-state index >= 15 is 0 Å². The van der Waals surface area contributed by atoms with Gasteiger partial charge in [0.15, 0.2) is 16.7 Å². The summed E-state index contributed by atoms with van der Waals surface area (Å²) in [5.41, 5.74) is -0.186. The van der Waals surface area contributed by atoms with E-state index in [9.17, 15) is 14.4 Å². The minimum absolute atomic E-state index is 0.0922. The molecule has 29 heavy (non-hydrogen) atoms. The second-order valence-corrected chi connectivity index (χ2v) is 7.06. The molecule has 1 aliphatic heterocycles. The van der Waals surface area contributed by atoms with E-state index in [-0.39, 0.29) is 15.9 Å². The zero-order chi connectivity index (χ0) is 20.5. The van der Waals surface area contributed by atoms with Crippen LogP contribution in [0.1, 0.15) is 5.56 Å². The number of nitrogens with one attached hydrogen (secondary N) is 1. The summed E-state index contributed by atoms with van der Waals surface area (Å²) in [6.45, 7) is 0. The highest BCUT2D eigenvalue weighted by molar-refractivity contribution is 8.18. The summed E-state index contributed by atoms with van der Waals surface area (Å²) >= 11 is 1.00. The Kier molecular flexibility index (Phi) is 4.81. The van der Waals surface area contributed by atoms with E-state index in [1.807, 2.05) is 0 Å². The summed E-state index contributed by atoms with van der Waals surface area (Å²) in [4.78, 5) is 41.6. The van der Waals surface area contributed by atoms with Crippen molar-refractivity contribution < 1.29 is 14.3 Å². The normalized spacial score (nSPS) is 15.0. The Hall–Kier alpha value is -3.59. The van der Waals surface area contributed by atoms with Crippen LogP contribution < -0.4 is 20.6 Å².